The summed E-state index contributed by atoms with van der Waals surface area (Å²) >= 11 is 0. The molecule has 3 N–H and O–H groups in total. The lowest BCUT2D eigenvalue weighted by Crippen LogP contribution is -2.47. The van der Waals surface area contributed by atoms with Crippen LogP contribution in [0.2, 0.25) is 0 Å². The Hall–Kier alpha value is -1.61. The van der Waals surface area contributed by atoms with E-state index in [2.05, 4.69) is 6.07 Å². The van der Waals surface area contributed by atoms with Crippen LogP contribution in [-0.4, -0.2) is 36.0 Å². The van der Waals surface area contributed by atoms with Crippen LogP contribution in [0.15, 0.2) is 0 Å². The molecule has 0 radical (unpaired) electrons. The van der Waals surface area contributed by atoms with E-state index in [4.69, 9.17) is 11.0 Å². The van der Waals surface area contributed by atoms with Crippen LogP contribution in [0.5, 0.6) is 0 Å². The molecule has 15 heavy (non-hydrogen) atoms. The van der Waals surface area contributed by atoms with E-state index in [1.54, 1.807) is 4.90 Å². The van der Waals surface area contributed by atoms with Gasteiger partial charge in [-0.1, -0.05) is 0 Å². The van der Waals surface area contributed by atoms with Gasteiger partial charge < -0.3 is 5.73 Å². The van der Waals surface area contributed by atoms with Gasteiger partial charge in [-0.15, -0.1) is 0 Å². The van der Waals surface area contributed by atoms with Crippen molar-refractivity contribution in [3.05, 3.63) is 0 Å². The Morgan fingerprint density at radius 2 is 2.27 bits per heavy atom. The smallest absolute Gasteiger partial charge is 0.318 e. The zero-order chi connectivity index (χ0) is 11.3. The molecular formula is C9H14N4O2. The molecule has 0 aromatic heterocycles. The van der Waals surface area contributed by atoms with Crippen molar-refractivity contribution in [2.75, 3.05) is 13.1 Å². The molecule has 1 saturated heterocycles. The lowest BCUT2D eigenvalue weighted by atomic mass is 10.0. The molecule has 6 nitrogen and oxygen atoms in total. The number of carbonyl (C=O) groups excluding carboxylic acids is 2. The van der Waals surface area contributed by atoms with E-state index in [0.717, 1.165) is 19.3 Å². The summed E-state index contributed by atoms with van der Waals surface area (Å²) in [5, 5.41) is 10.8. The number of nitriles is 1. The number of urea groups is 1. The molecule has 1 unspecified atom stereocenters. The van der Waals surface area contributed by atoms with E-state index in [0.29, 0.717) is 6.54 Å². The van der Waals surface area contributed by atoms with Crippen molar-refractivity contribution in [2.45, 2.75) is 25.3 Å². The molecule has 1 rings (SSSR count). The van der Waals surface area contributed by atoms with Gasteiger partial charge in [0.2, 0.25) is 5.91 Å². The zero-order valence-electron chi connectivity index (χ0n) is 8.40. The Kier molecular flexibility index (Phi) is 4.06. The lowest BCUT2D eigenvalue weighted by Gasteiger charge is -2.30. The van der Waals surface area contributed by atoms with E-state index in [1.165, 1.54) is 0 Å². The number of rotatable bonds is 2. The first-order chi connectivity index (χ1) is 7.13. The zero-order valence-corrected chi connectivity index (χ0v) is 8.40. The largest absolute Gasteiger partial charge is 0.351 e. The van der Waals surface area contributed by atoms with Crippen molar-refractivity contribution < 1.29 is 9.59 Å². The minimum atomic E-state index is -0.856. The van der Waals surface area contributed by atoms with E-state index in [-0.39, 0.29) is 12.6 Å². The second kappa shape index (κ2) is 5.32. The number of primary amides is 1. The van der Waals surface area contributed by atoms with Gasteiger partial charge in [0, 0.05) is 0 Å². The van der Waals surface area contributed by atoms with Crippen molar-refractivity contribution in [2.24, 2.45) is 5.73 Å². The average molecular weight is 210 g/mol. The number of imide groups is 1. The predicted molar refractivity (Wildman–Crippen MR) is 52.6 cm³/mol. The number of amides is 3. The first-order valence-electron chi connectivity index (χ1n) is 4.86. The number of nitrogens with one attached hydrogen (secondary N) is 1. The van der Waals surface area contributed by atoms with Crippen LogP contribution >= 0.6 is 0 Å². The Morgan fingerprint density at radius 1 is 1.53 bits per heavy atom. The molecule has 0 aromatic rings. The second-order valence-electron chi connectivity index (χ2n) is 3.52. The van der Waals surface area contributed by atoms with E-state index in [9.17, 15) is 9.59 Å². The third-order valence-electron chi connectivity index (χ3n) is 2.37. The van der Waals surface area contributed by atoms with Gasteiger partial charge in [0.1, 0.15) is 0 Å². The quantitative estimate of drug-likeness (QED) is 0.645. The van der Waals surface area contributed by atoms with Crippen molar-refractivity contribution in [1.29, 1.82) is 5.26 Å². The number of hydrogen-bond donors (Lipinski definition) is 2. The molecular weight excluding hydrogens is 196 g/mol. The molecule has 1 fully saturated rings. The molecule has 6 heteroatoms. The van der Waals surface area contributed by atoms with Gasteiger partial charge in [0.25, 0.3) is 0 Å². The summed E-state index contributed by atoms with van der Waals surface area (Å²) in [7, 11) is 0. The van der Waals surface area contributed by atoms with Crippen LogP contribution in [0, 0.1) is 11.3 Å². The molecule has 1 aliphatic heterocycles. The third kappa shape index (κ3) is 3.56. The second-order valence-corrected chi connectivity index (χ2v) is 3.52. The van der Waals surface area contributed by atoms with E-state index < -0.39 is 11.9 Å². The third-order valence-corrected chi connectivity index (χ3v) is 2.37. The molecule has 0 bridgehead atoms. The van der Waals surface area contributed by atoms with Gasteiger partial charge in [-0.2, -0.15) is 5.26 Å². The number of piperidine rings is 1. The number of carbonyl (C=O) groups is 2. The van der Waals surface area contributed by atoms with Gasteiger partial charge in [-0.25, -0.2) is 4.79 Å². The summed E-state index contributed by atoms with van der Waals surface area (Å²) in [6.45, 7) is 0.769. The Morgan fingerprint density at radius 3 is 2.87 bits per heavy atom. The Balaban J connectivity index is 2.45. The van der Waals surface area contributed by atoms with Crippen molar-refractivity contribution in [3.8, 4) is 6.07 Å². The Bertz CT molecular complexity index is 297. The maximum absolute atomic E-state index is 11.2. The molecule has 0 spiro atoms. The first-order valence-corrected chi connectivity index (χ1v) is 4.86. The Labute approximate surface area is 88.0 Å². The molecule has 0 aromatic carbocycles. The van der Waals surface area contributed by atoms with Gasteiger partial charge in [0.15, 0.2) is 0 Å². The molecule has 82 valence electrons. The molecule has 1 atom stereocenters. The van der Waals surface area contributed by atoms with Crippen LogP contribution in [0.25, 0.3) is 0 Å². The van der Waals surface area contributed by atoms with Gasteiger partial charge in [-0.3, -0.25) is 15.0 Å². The fraction of sp³-hybridized carbons (Fsp3) is 0.667. The SMILES string of the molecule is N#CC1CCCCN1CC(=O)NC(N)=O. The van der Waals surface area contributed by atoms with Crippen molar-refractivity contribution >= 4 is 11.9 Å². The highest BCUT2D eigenvalue weighted by atomic mass is 16.2. The average Bonchev–Trinajstić information content (AvgIpc) is 2.17. The highest BCUT2D eigenvalue weighted by Gasteiger charge is 2.23. The normalized spacial score (nSPS) is 21.7. The van der Waals surface area contributed by atoms with Crippen LogP contribution in [-0.2, 0) is 4.79 Å². The van der Waals surface area contributed by atoms with Gasteiger partial charge in [0.05, 0.1) is 18.7 Å². The summed E-state index contributed by atoms with van der Waals surface area (Å²) in [6.07, 6.45) is 2.76. The van der Waals surface area contributed by atoms with E-state index in [1.807, 2.05) is 5.32 Å². The summed E-state index contributed by atoms with van der Waals surface area (Å²) in [6, 6.07) is 1.06. The number of nitrogens with zero attached hydrogens (tertiary/aromatic N) is 2. The van der Waals surface area contributed by atoms with Crippen LogP contribution in [0.3, 0.4) is 0 Å². The number of likely N-dealkylation sites (tertiary alicyclic amines) is 1. The molecule has 3 amide bonds. The lowest BCUT2D eigenvalue weighted by molar-refractivity contribution is -0.121. The van der Waals surface area contributed by atoms with Gasteiger partial charge in [-0.05, 0) is 25.8 Å². The highest BCUT2D eigenvalue weighted by Crippen LogP contribution is 2.15. The maximum atomic E-state index is 11.2. The van der Waals surface area contributed by atoms with Crippen molar-refractivity contribution in [1.82, 2.24) is 10.2 Å². The van der Waals surface area contributed by atoms with E-state index >= 15 is 0 Å². The molecule has 1 aliphatic rings. The molecule has 1 heterocycles. The maximum Gasteiger partial charge on any atom is 0.318 e. The standard InChI is InChI=1S/C9H14N4O2/c10-5-7-3-1-2-4-13(7)6-8(14)12-9(11)15/h7H,1-4,6H2,(H3,11,12,14,15). The number of hydrogen-bond acceptors (Lipinski definition) is 4. The van der Waals surface area contributed by atoms with Crippen LogP contribution in [0.1, 0.15) is 19.3 Å². The summed E-state index contributed by atoms with van der Waals surface area (Å²) in [5.74, 6) is -0.454. The summed E-state index contributed by atoms with van der Waals surface area (Å²) < 4.78 is 0. The van der Waals surface area contributed by atoms with Gasteiger partial charge >= 0.3 is 6.03 Å². The predicted octanol–water partition coefficient (Wildman–Crippen LogP) is -0.441. The van der Waals surface area contributed by atoms with Crippen LogP contribution in [0.4, 0.5) is 4.79 Å². The fourth-order valence-corrected chi connectivity index (χ4v) is 1.69. The van der Waals surface area contributed by atoms with Crippen LogP contribution < -0.4 is 11.1 Å². The van der Waals surface area contributed by atoms with Crippen molar-refractivity contribution in [3.63, 3.8) is 0 Å². The monoisotopic (exact) mass is 210 g/mol. The number of nitrogens with two attached hydrogens (primary N) is 1. The minimum Gasteiger partial charge on any atom is -0.351 e. The minimum absolute atomic E-state index is 0.0567. The fourth-order valence-electron chi connectivity index (χ4n) is 1.69. The topological polar surface area (TPSA) is 99.2 Å². The highest BCUT2D eigenvalue weighted by molar-refractivity contribution is 5.94. The first kappa shape index (κ1) is 11.5. The summed E-state index contributed by atoms with van der Waals surface area (Å²) in [5.41, 5.74) is 4.81. The molecule has 0 aliphatic carbocycles. The summed E-state index contributed by atoms with van der Waals surface area (Å²) in [4.78, 5) is 23.4. The molecule has 0 saturated carbocycles.